The van der Waals surface area contributed by atoms with Gasteiger partial charge in [0.2, 0.25) is 0 Å². The quantitative estimate of drug-likeness (QED) is 0.714. The van der Waals surface area contributed by atoms with Crippen LogP contribution >= 0.6 is 0 Å². The molecule has 0 amide bonds. The number of hydrogen-bond acceptors (Lipinski definition) is 1. The maximum Gasteiger partial charge on any atom is 0.0565 e. The monoisotopic (exact) mass is 184 g/mol. The highest BCUT2D eigenvalue weighted by molar-refractivity contribution is 4.78. The molecule has 0 heterocycles. The van der Waals surface area contributed by atoms with Gasteiger partial charge in [-0.25, -0.2) is 0 Å². The van der Waals surface area contributed by atoms with Crippen molar-refractivity contribution in [3.05, 3.63) is 0 Å². The van der Waals surface area contributed by atoms with Gasteiger partial charge in [-0.1, -0.05) is 20.8 Å². The first-order valence-corrected chi connectivity index (χ1v) is 5.83. The third-order valence-electron chi connectivity index (χ3n) is 3.72. The SMILES string of the molecule is CCC(O)C1CCC(C(C)C)CC1. The van der Waals surface area contributed by atoms with Gasteiger partial charge in [0.05, 0.1) is 6.10 Å². The summed E-state index contributed by atoms with van der Waals surface area (Å²) in [5, 5.41) is 9.71. The molecule has 1 aliphatic rings. The highest BCUT2D eigenvalue weighted by Crippen LogP contribution is 2.35. The largest absolute Gasteiger partial charge is 0.393 e. The Kier molecular flexibility index (Phi) is 4.24. The van der Waals surface area contributed by atoms with Crippen molar-refractivity contribution in [1.82, 2.24) is 0 Å². The van der Waals surface area contributed by atoms with Crippen LogP contribution in [0.3, 0.4) is 0 Å². The normalized spacial score (nSPS) is 32.1. The Hall–Kier alpha value is -0.0400. The van der Waals surface area contributed by atoms with Crippen molar-refractivity contribution in [3.8, 4) is 0 Å². The van der Waals surface area contributed by atoms with E-state index in [9.17, 15) is 5.11 Å². The van der Waals surface area contributed by atoms with E-state index in [1.54, 1.807) is 0 Å². The van der Waals surface area contributed by atoms with Crippen molar-refractivity contribution in [2.24, 2.45) is 17.8 Å². The summed E-state index contributed by atoms with van der Waals surface area (Å²) in [6.07, 6.45) is 6.05. The molecule has 1 unspecified atom stereocenters. The molecule has 0 radical (unpaired) electrons. The Labute approximate surface area is 82.5 Å². The van der Waals surface area contributed by atoms with E-state index >= 15 is 0 Å². The van der Waals surface area contributed by atoms with Gasteiger partial charge in [-0.15, -0.1) is 0 Å². The average Bonchev–Trinajstić information content (AvgIpc) is 2.17. The third kappa shape index (κ3) is 2.98. The van der Waals surface area contributed by atoms with Crippen LogP contribution in [-0.4, -0.2) is 11.2 Å². The molecule has 1 N–H and O–H groups in total. The zero-order valence-corrected chi connectivity index (χ0v) is 9.29. The Morgan fingerprint density at radius 1 is 1.08 bits per heavy atom. The Balaban J connectivity index is 2.30. The summed E-state index contributed by atoms with van der Waals surface area (Å²) < 4.78 is 0. The van der Waals surface area contributed by atoms with Gasteiger partial charge in [-0.2, -0.15) is 0 Å². The minimum atomic E-state index is -0.0342. The van der Waals surface area contributed by atoms with E-state index in [4.69, 9.17) is 0 Å². The number of aliphatic hydroxyl groups is 1. The van der Waals surface area contributed by atoms with E-state index in [2.05, 4.69) is 20.8 Å². The van der Waals surface area contributed by atoms with Gasteiger partial charge < -0.3 is 5.11 Å². The van der Waals surface area contributed by atoms with E-state index in [-0.39, 0.29) is 6.10 Å². The van der Waals surface area contributed by atoms with E-state index < -0.39 is 0 Å². The summed E-state index contributed by atoms with van der Waals surface area (Å²) in [4.78, 5) is 0. The Morgan fingerprint density at radius 2 is 1.54 bits per heavy atom. The molecule has 0 aromatic carbocycles. The molecule has 78 valence electrons. The molecule has 1 heteroatoms. The summed E-state index contributed by atoms with van der Waals surface area (Å²) in [5.41, 5.74) is 0. The number of hydrogen-bond donors (Lipinski definition) is 1. The van der Waals surface area contributed by atoms with Crippen molar-refractivity contribution in [2.45, 2.75) is 59.0 Å². The molecule has 0 aliphatic heterocycles. The summed E-state index contributed by atoms with van der Waals surface area (Å²) >= 11 is 0. The number of aliphatic hydroxyl groups excluding tert-OH is 1. The topological polar surface area (TPSA) is 20.2 Å². The maximum absolute atomic E-state index is 9.71. The summed E-state index contributed by atoms with van der Waals surface area (Å²) in [5.74, 6) is 2.35. The Bertz CT molecular complexity index is 134. The molecule has 0 spiro atoms. The fraction of sp³-hybridized carbons (Fsp3) is 1.00. The summed E-state index contributed by atoms with van der Waals surface area (Å²) in [6.45, 7) is 6.72. The molecular formula is C12H24O. The van der Waals surface area contributed by atoms with Gasteiger partial charge >= 0.3 is 0 Å². The standard InChI is InChI=1S/C12H24O/c1-4-12(13)11-7-5-10(6-8-11)9(2)3/h9-13H,4-8H2,1-3H3. The van der Waals surface area contributed by atoms with Gasteiger partial charge in [0, 0.05) is 0 Å². The van der Waals surface area contributed by atoms with E-state index in [0.717, 1.165) is 18.3 Å². The minimum Gasteiger partial charge on any atom is -0.393 e. The molecule has 0 saturated heterocycles. The van der Waals surface area contributed by atoms with Crippen LogP contribution in [0, 0.1) is 17.8 Å². The van der Waals surface area contributed by atoms with Crippen LogP contribution in [0.1, 0.15) is 52.9 Å². The third-order valence-corrected chi connectivity index (χ3v) is 3.72. The van der Waals surface area contributed by atoms with Gasteiger partial charge in [-0.05, 0) is 49.9 Å². The second-order valence-corrected chi connectivity index (χ2v) is 4.89. The lowest BCUT2D eigenvalue weighted by molar-refractivity contribution is 0.0645. The lowest BCUT2D eigenvalue weighted by Gasteiger charge is -2.33. The number of rotatable bonds is 3. The zero-order valence-electron chi connectivity index (χ0n) is 9.29. The molecule has 0 aromatic rings. The predicted octanol–water partition coefficient (Wildman–Crippen LogP) is 3.22. The molecule has 0 aromatic heterocycles. The minimum absolute atomic E-state index is 0.0342. The van der Waals surface area contributed by atoms with Crippen LogP contribution in [0.5, 0.6) is 0 Å². The Morgan fingerprint density at radius 3 is 1.92 bits per heavy atom. The van der Waals surface area contributed by atoms with Crippen LogP contribution in [0.4, 0.5) is 0 Å². The lowest BCUT2D eigenvalue weighted by atomic mass is 9.75. The highest BCUT2D eigenvalue weighted by atomic mass is 16.3. The first kappa shape index (κ1) is 11.0. The molecule has 1 nitrogen and oxygen atoms in total. The molecule has 1 aliphatic carbocycles. The molecule has 1 fully saturated rings. The summed E-state index contributed by atoms with van der Waals surface area (Å²) in [7, 11) is 0. The van der Waals surface area contributed by atoms with Crippen LogP contribution in [0.2, 0.25) is 0 Å². The maximum atomic E-state index is 9.71. The van der Waals surface area contributed by atoms with Gasteiger partial charge in [0.15, 0.2) is 0 Å². The van der Waals surface area contributed by atoms with Crippen molar-refractivity contribution >= 4 is 0 Å². The van der Waals surface area contributed by atoms with E-state index in [0.29, 0.717) is 5.92 Å². The van der Waals surface area contributed by atoms with Gasteiger partial charge in [0.25, 0.3) is 0 Å². The van der Waals surface area contributed by atoms with Crippen molar-refractivity contribution in [1.29, 1.82) is 0 Å². The van der Waals surface area contributed by atoms with Crippen LogP contribution in [0.25, 0.3) is 0 Å². The second kappa shape index (κ2) is 4.99. The van der Waals surface area contributed by atoms with Crippen molar-refractivity contribution < 1.29 is 5.11 Å². The van der Waals surface area contributed by atoms with Crippen molar-refractivity contribution in [3.63, 3.8) is 0 Å². The fourth-order valence-electron chi connectivity index (χ4n) is 2.53. The molecule has 1 atom stereocenters. The molecule has 0 bridgehead atoms. The summed E-state index contributed by atoms with van der Waals surface area (Å²) in [6, 6.07) is 0. The van der Waals surface area contributed by atoms with E-state index in [1.807, 2.05) is 0 Å². The van der Waals surface area contributed by atoms with Crippen LogP contribution in [-0.2, 0) is 0 Å². The van der Waals surface area contributed by atoms with E-state index in [1.165, 1.54) is 25.7 Å². The average molecular weight is 184 g/mol. The van der Waals surface area contributed by atoms with Crippen molar-refractivity contribution in [2.75, 3.05) is 0 Å². The highest BCUT2D eigenvalue weighted by Gasteiger charge is 2.26. The molecule has 1 saturated carbocycles. The zero-order chi connectivity index (χ0) is 9.84. The molecule has 13 heavy (non-hydrogen) atoms. The predicted molar refractivity (Wildman–Crippen MR) is 56.6 cm³/mol. The molecular weight excluding hydrogens is 160 g/mol. The van der Waals surface area contributed by atoms with Gasteiger partial charge in [0.1, 0.15) is 0 Å². The van der Waals surface area contributed by atoms with Crippen LogP contribution in [0.15, 0.2) is 0 Å². The van der Waals surface area contributed by atoms with Gasteiger partial charge in [-0.3, -0.25) is 0 Å². The second-order valence-electron chi connectivity index (χ2n) is 4.89. The smallest absolute Gasteiger partial charge is 0.0565 e. The first-order chi connectivity index (χ1) is 6.15. The fourth-order valence-corrected chi connectivity index (χ4v) is 2.53. The molecule has 1 rings (SSSR count). The lowest BCUT2D eigenvalue weighted by Crippen LogP contribution is -2.26. The van der Waals surface area contributed by atoms with Crippen LogP contribution < -0.4 is 0 Å². The first-order valence-electron chi connectivity index (χ1n) is 5.83.